The van der Waals surface area contributed by atoms with Crippen molar-refractivity contribution in [2.45, 2.75) is 13.0 Å². The number of nitrogens with zero attached hydrogens (tertiary/aromatic N) is 3. The summed E-state index contributed by atoms with van der Waals surface area (Å²) in [7, 11) is 5.07. The second kappa shape index (κ2) is 8.81. The van der Waals surface area contributed by atoms with Crippen LogP contribution in [-0.4, -0.2) is 55.9 Å². The number of amides is 1. The van der Waals surface area contributed by atoms with Gasteiger partial charge in [-0.3, -0.25) is 9.79 Å². The number of fused-ring (bicyclic) bond motifs is 1. The van der Waals surface area contributed by atoms with Gasteiger partial charge in [0.1, 0.15) is 5.82 Å². The molecule has 1 aromatic carbocycles. The van der Waals surface area contributed by atoms with Crippen molar-refractivity contribution in [3.63, 3.8) is 0 Å². The van der Waals surface area contributed by atoms with Gasteiger partial charge in [-0.2, -0.15) is 0 Å². The maximum atomic E-state index is 14.0. The number of hydrogen-bond acceptors (Lipinski definition) is 2. The minimum Gasteiger partial charge on any atom is -0.347 e. The molecule has 5 nitrogen and oxygen atoms in total. The highest BCUT2D eigenvalue weighted by atomic mass is 127. The Bertz CT molecular complexity index is 609. The van der Waals surface area contributed by atoms with E-state index in [1.54, 1.807) is 27.2 Å². The minimum atomic E-state index is -0.206. The topological polar surface area (TPSA) is 47.9 Å². The highest BCUT2D eigenvalue weighted by molar-refractivity contribution is 14.0. The Morgan fingerprint density at radius 1 is 1.43 bits per heavy atom. The van der Waals surface area contributed by atoms with Crippen LogP contribution >= 0.6 is 39.9 Å². The minimum absolute atomic E-state index is 0. The largest absolute Gasteiger partial charge is 0.347 e. The summed E-state index contributed by atoms with van der Waals surface area (Å²) < 4.78 is 15.0. The van der Waals surface area contributed by atoms with Crippen molar-refractivity contribution >= 4 is 51.8 Å². The van der Waals surface area contributed by atoms with Crippen LogP contribution in [-0.2, 0) is 17.8 Å². The fourth-order valence-electron chi connectivity index (χ4n) is 2.42. The molecule has 1 aliphatic rings. The van der Waals surface area contributed by atoms with E-state index < -0.39 is 0 Å². The number of nitrogens with one attached hydrogen (secondary N) is 1. The van der Waals surface area contributed by atoms with Crippen LogP contribution in [0, 0.1) is 5.82 Å². The maximum absolute atomic E-state index is 14.0. The molecular formula is C15H21BrFIN4O. The number of carbonyl (C=O) groups excluding carboxylic acids is 1. The Morgan fingerprint density at radius 2 is 2.13 bits per heavy atom. The number of likely N-dealkylation sites (N-methyl/N-ethyl adjacent to an activating group) is 1. The molecule has 0 aromatic heterocycles. The predicted molar refractivity (Wildman–Crippen MR) is 104 cm³/mol. The van der Waals surface area contributed by atoms with E-state index in [0.29, 0.717) is 18.1 Å². The Morgan fingerprint density at radius 3 is 2.74 bits per heavy atom. The number of carbonyl (C=O) groups is 1. The number of halogens is 3. The van der Waals surface area contributed by atoms with Gasteiger partial charge in [0.05, 0.1) is 6.54 Å². The zero-order valence-corrected chi connectivity index (χ0v) is 17.3. The van der Waals surface area contributed by atoms with Crippen molar-refractivity contribution in [1.82, 2.24) is 15.1 Å². The van der Waals surface area contributed by atoms with Gasteiger partial charge in [0.15, 0.2) is 5.96 Å². The van der Waals surface area contributed by atoms with Crippen LogP contribution < -0.4 is 5.32 Å². The van der Waals surface area contributed by atoms with E-state index >= 15 is 0 Å². The van der Waals surface area contributed by atoms with Crippen LogP contribution in [0.25, 0.3) is 0 Å². The Hall–Kier alpha value is -0.900. The van der Waals surface area contributed by atoms with Crippen LogP contribution in [0.4, 0.5) is 4.39 Å². The zero-order valence-electron chi connectivity index (χ0n) is 13.4. The van der Waals surface area contributed by atoms with E-state index in [2.05, 4.69) is 26.2 Å². The highest BCUT2D eigenvalue weighted by Gasteiger charge is 2.23. The first-order valence-electron chi connectivity index (χ1n) is 7.05. The lowest BCUT2D eigenvalue weighted by atomic mass is 9.99. The molecule has 8 heteroatoms. The molecule has 128 valence electrons. The van der Waals surface area contributed by atoms with Gasteiger partial charge in [-0.25, -0.2) is 4.39 Å². The molecule has 0 unspecified atom stereocenters. The SMILES string of the molecule is CN=C(NCC(=O)N(C)C)N1CCc2c(Br)ccc(F)c2C1.I. The molecule has 0 spiro atoms. The summed E-state index contributed by atoms with van der Waals surface area (Å²) in [5.74, 6) is 0.371. The zero-order chi connectivity index (χ0) is 16.3. The average Bonchev–Trinajstić information content (AvgIpc) is 2.51. The molecule has 1 amide bonds. The summed E-state index contributed by atoms with van der Waals surface area (Å²) >= 11 is 3.47. The van der Waals surface area contributed by atoms with Crippen LogP contribution in [0.3, 0.4) is 0 Å². The normalized spacial score (nSPS) is 14.0. The fourth-order valence-corrected chi connectivity index (χ4v) is 2.99. The lowest BCUT2D eigenvalue weighted by Gasteiger charge is -2.32. The summed E-state index contributed by atoms with van der Waals surface area (Å²) in [4.78, 5) is 19.3. The Balaban J connectivity index is 0.00000264. The van der Waals surface area contributed by atoms with Crippen molar-refractivity contribution in [1.29, 1.82) is 0 Å². The number of rotatable bonds is 2. The molecule has 0 saturated carbocycles. The lowest BCUT2D eigenvalue weighted by molar-refractivity contribution is -0.127. The lowest BCUT2D eigenvalue weighted by Crippen LogP contribution is -2.47. The van der Waals surface area contributed by atoms with E-state index in [1.807, 2.05) is 4.90 Å². The molecule has 1 aliphatic heterocycles. The van der Waals surface area contributed by atoms with E-state index in [-0.39, 0.29) is 42.2 Å². The van der Waals surface area contributed by atoms with Crippen molar-refractivity contribution in [3.8, 4) is 0 Å². The maximum Gasteiger partial charge on any atom is 0.241 e. The van der Waals surface area contributed by atoms with Crippen molar-refractivity contribution < 1.29 is 9.18 Å². The van der Waals surface area contributed by atoms with Gasteiger partial charge in [-0.05, 0) is 24.1 Å². The molecule has 1 N–H and O–H groups in total. The van der Waals surface area contributed by atoms with Gasteiger partial charge in [-0.1, -0.05) is 15.9 Å². The summed E-state index contributed by atoms with van der Waals surface area (Å²) in [6.07, 6.45) is 0.732. The number of benzene rings is 1. The van der Waals surface area contributed by atoms with Crippen LogP contribution in [0.2, 0.25) is 0 Å². The molecule has 2 rings (SSSR count). The summed E-state index contributed by atoms with van der Waals surface area (Å²) in [6.45, 7) is 1.34. The van der Waals surface area contributed by atoms with Crippen molar-refractivity contribution in [3.05, 3.63) is 33.5 Å². The number of hydrogen-bond donors (Lipinski definition) is 1. The Labute approximate surface area is 161 Å². The summed E-state index contributed by atoms with van der Waals surface area (Å²) in [5.41, 5.74) is 1.69. The van der Waals surface area contributed by atoms with E-state index in [1.165, 1.54) is 11.0 Å². The second-order valence-electron chi connectivity index (χ2n) is 5.35. The molecule has 0 aliphatic carbocycles. The molecule has 1 aromatic rings. The quantitative estimate of drug-likeness (QED) is 0.386. The van der Waals surface area contributed by atoms with E-state index in [4.69, 9.17) is 0 Å². The van der Waals surface area contributed by atoms with Gasteiger partial charge < -0.3 is 15.1 Å². The van der Waals surface area contributed by atoms with Crippen molar-refractivity contribution in [2.75, 3.05) is 34.2 Å². The van der Waals surface area contributed by atoms with E-state index in [9.17, 15) is 9.18 Å². The molecule has 0 saturated heterocycles. The summed E-state index contributed by atoms with van der Waals surface area (Å²) in [5, 5.41) is 3.04. The molecule has 0 bridgehead atoms. The third kappa shape index (κ3) is 4.79. The van der Waals surface area contributed by atoms with Crippen LogP contribution in [0.15, 0.2) is 21.6 Å². The first-order chi connectivity index (χ1) is 10.4. The standard InChI is InChI=1S/C15H20BrFN4O.HI/c1-18-15(19-8-14(22)20(2)3)21-7-6-10-11(9-21)13(17)5-4-12(10)16;/h4-5H,6-9H2,1-3H3,(H,18,19);1H. The fraction of sp³-hybridized carbons (Fsp3) is 0.467. The first kappa shape index (κ1) is 20.1. The molecular weight excluding hydrogens is 478 g/mol. The molecule has 23 heavy (non-hydrogen) atoms. The van der Waals surface area contributed by atoms with Gasteiger partial charge in [0.2, 0.25) is 5.91 Å². The van der Waals surface area contributed by atoms with Gasteiger partial charge in [-0.15, -0.1) is 24.0 Å². The molecule has 0 fully saturated rings. The summed E-state index contributed by atoms with van der Waals surface area (Å²) in [6, 6.07) is 3.21. The van der Waals surface area contributed by atoms with Crippen LogP contribution in [0.5, 0.6) is 0 Å². The smallest absolute Gasteiger partial charge is 0.241 e. The van der Waals surface area contributed by atoms with Gasteiger partial charge >= 0.3 is 0 Å². The third-order valence-corrected chi connectivity index (χ3v) is 4.45. The highest BCUT2D eigenvalue weighted by Crippen LogP contribution is 2.28. The van der Waals surface area contributed by atoms with Gasteiger partial charge in [0, 0.05) is 44.3 Å². The average molecular weight is 499 g/mol. The van der Waals surface area contributed by atoms with Crippen molar-refractivity contribution in [2.24, 2.45) is 4.99 Å². The monoisotopic (exact) mass is 498 g/mol. The van der Waals surface area contributed by atoms with Crippen LogP contribution in [0.1, 0.15) is 11.1 Å². The third-order valence-electron chi connectivity index (χ3n) is 3.71. The molecule has 1 heterocycles. The number of aliphatic imine (C=N–C) groups is 1. The Kier molecular flexibility index (Phi) is 7.72. The van der Waals surface area contributed by atoms with Gasteiger partial charge in [0.25, 0.3) is 0 Å². The van der Waals surface area contributed by atoms with E-state index in [0.717, 1.165) is 23.0 Å². The predicted octanol–water partition coefficient (Wildman–Crippen LogP) is 2.23. The first-order valence-corrected chi connectivity index (χ1v) is 7.84. The second-order valence-corrected chi connectivity index (χ2v) is 6.20. The number of guanidine groups is 1. The molecule has 0 atom stereocenters. The molecule has 0 radical (unpaired) electrons.